The van der Waals surface area contributed by atoms with Crippen molar-refractivity contribution in [1.29, 1.82) is 0 Å². The molecule has 0 saturated carbocycles. The summed E-state index contributed by atoms with van der Waals surface area (Å²) in [6, 6.07) is 0. The molecule has 12 heavy (non-hydrogen) atoms. The highest BCUT2D eigenvalue weighted by molar-refractivity contribution is 5.82. The third-order valence-corrected chi connectivity index (χ3v) is 1.89. The molecule has 0 aromatic rings. The van der Waals surface area contributed by atoms with E-state index < -0.39 is 0 Å². The fourth-order valence-electron chi connectivity index (χ4n) is 1.16. The van der Waals surface area contributed by atoms with E-state index in [0.29, 0.717) is 26.4 Å². The Hall–Kier alpha value is -0.450. The highest BCUT2D eigenvalue weighted by atomic mass is 16.5. The number of carbonyl (C=O) groups excluding carboxylic acids is 1. The Morgan fingerprint density at radius 2 is 2.50 bits per heavy atom. The lowest BCUT2D eigenvalue weighted by atomic mass is 10.0. The number of rotatable bonds is 5. The second-order valence-corrected chi connectivity index (χ2v) is 2.87. The number of Topliss-reactive ketones (excluding diaryl/α,β-unsaturated/α-hetero) is 1. The summed E-state index contributed by atoms with van der Waals surface area (Å²) < 4.78 is 10.1. The number of ketones is 1. The van der Waals surface area contributed by atoms with Crippen LogP contribution in [0.4, 0.5) is 0 Å². The molecule has 1 atom stereocenters. The van der Waals surface area contributed by atoms with Crippen molar-refractivity contribution < 1.29 is 14.3 Å². The Kier molecular flexibility index (Phi) is 4.21. The maximum absolute atomic E-state index is 11.3. The van der Waals surface area contributed by atoms with Crippen molar-refractivity contribution in [2.45, 2.75) is 6.42 Å². The van der Waals surface area contributed by atoms with Crippen LogP contribution in [0.3, 0.4) is 0 Å². The Bertz CT molecular complexity index is 143. The van der Waals surface area contributed by atoms with E-state index in [1.807, 2.05) is 0 Å². The van der Waals surface area contributed by atoms with Crippen LogP contribution in [0.5, 0.6) is 0 Å². The molecule has 0 spiro atoms. The van der Waals surface area contributed by atoms with Gasteiger partial charge in [-0.25, -0.2) is 0 Å². The maximum atomic E-state index is 11.3. The molecule has 1 saturated heterocycles. The summed E-state index contributed by atoms with van der Waals surface area (Å²) in [5.41, 5.74) is 5.21. The molecule has 0 aromatic heterocycles. The zero-order valence-corrected chi connectivity index (χ0v) is 7.12. The lowest BCUT2D eigenvalue weighted by molar-refractivity contribution is -0.127. The largest absolute Gasteiger partial charge is 0.381 e. The standard InChI is InChI=1S/C8H15NO3/c9-2-4-12-6-8(10)7-1-3-11-5-7/h7H,1-6,9H2. The van der Waals surface area contributed by atoms with Crippen molar-refractivity contribution in [1.82, 2.24) is 0 Å². The minimum atomic E-state index is 0.0581. The summed E-state index contributed by atoms with van der Waals surface area (Å²) in [5, 5.41) is 0. The highest BCUT2D eigenvalue weighted by Crippen LogP contribution is 2.13. The van der Waals surface area contributed by atoms with Gasteiger partial charge in [0.2, 0.25) is 0 Å². The number of hydrogen-bond donors (Lipinski definition) is 1. The van der Waals surface area contributed by atoms with E-state index in [-0.39, 0.29) is 18.3 Å². The van der Waals surface area contributed by atoms with Gasteiger partial charge in [0.05, 0.1) is 13.2 Å². The Labute approximate surface area is 72.0 Å². The van der Waals surface area contributed by atoms with E-state index in [1.54, 1.807) is 0 Å². The Morgan fingerprint density at radius 3 is 3.08 bits per heavy atom. The van der Waals surface area contributed by atoms with Gasteiger partial charge in [-0.3, -0.25) is 4.79 Å². The number of nitrogens with two attached hydrogens (primary N) is 1. The topological polar surface area (TPSA) is 61.5 Å². The Morgan fingerprint density at radius 1 is 1.67 bits per heavy atom. The van der Waals surface area contributed by atoms with E-state index in [9.17, 15) is 4.79 Å². The first-order valence-electron chi connectivity index (χ1n) is 4.23. The lowest BCUT2D eigenvalue weighted by Crippen LogP contribution is -2.21. The average molecular weight is 173 g/mol. The zero-order valence-electron chi connectivity index (χ0n) is 7.12. The quantitative estimate of drug-likeness (QED) is 0.573. The van der Waals surface area contributed by atoms with E-state index in [1.165, 1.54) is 0 Å². The maximum Gasteiger partial charge on any atom is 0.163 e. The highest BCUT2D eigenvalue weighted by Gasteiger charge is 2.22. The first-order valence-corrected chi connectivity index (χ1v) is 4.23. The van der Waals surface area contributed by atoms with Gasteiger partial charge in [-0.15, -0.1) is 0 Å². The van der Waals surface area contributed by atoms with Crippen molar-refractivity contribution in [3.8, 4) is 0 Å². The summed E-state index contributed by atoms with van der Waals surface area (Å²) in [5.74, 6) is 0.198. The van der Waals surface area contributed by atoms with Crippen LogP contribution in [0.1, 0.15) is 6.42 Å². The molecule has 1 unspecified atom stereocenters. The minimum absolute atomic E-state index is 0.0581. The smallest absolute Gasteiger partial charge is 0.163 e. The molecule has 0 amide bonds. The predicted molar refractivity (Wildman–Crippen MR) is 43.8 cm³/mol. The predicted octanol–water partition coefficient (Wildman–Crippen LogP) is -0.433. The van der Waals surface area contributed by atoms with Crippen molar-refractivity contribution in [2.24, 2.45) is 11.7 Å². The molecule has 1 fully saturated rings. The first-order chi connectivity index (χ1) is 5.84. The molecule has 70 valence electrons. The molecule has 2 N–H and O–H groups in total. The van der Waals surface area contributed by atoms with E-state index in [0.717, 1.165) is 6.42 Å². The number of hydrogen-bond acceptors (Lipinski definition) is 4. The van der Waals surface area contributed by atoms with Crippen LogP contribution < -0.4 is 5.73 Å². The monoisotopic (exact) mass is 173 g/mol. The van der Waals surface area contributed by atoms with Crippen LogP contribution in [0.15, 0.2) is 0 Å². The molecule has 1 heterocycles. The Balaban J connectivity index is 2.10. The molecule has 0 aromatic carbocycles. The van der Waals surface area contributed by atoms with Crippen molar-refractivity contribution in [2.75, 3.05) is 33.0 Å². The number of carbonyl (C=O) groups is 1. The van der Waals surface area contributed by atoms with Crippen LogP contribution in [0.2, 0.25) is 0 Å². The summed E-state index contributed by atoms with van der Waals surface area (Å²) in [6.07, 6.45) is 0.838. The van der Waals surface area contributed by atoms with Gasteiger partial charge >= 0.3 is 0 Å². The van der Waals surface area contributed by atoms with Crippen molar-refractivity contribution in [3.05, 3.63) is 0 Å². The van der Waals surface area contributed by atoms with Gasteiger partial charge in [-0.05, 0) is 6.42 Å². The molecule has 0 bridgehead atoms. The summed E-state index contributed by atoms with van der Waals surface area (Å²) in [6.45, 7) is 2.37. The normalized spacial score (nSPS) is 22.9. The van der Waals surface area contributed by atoms with Gasteiger partial charge in [-0.2, -0.15) is 0 Å². The van der Waals surface area contributed by atoms with Crippen LogP contribution in [0.25, 0.3) is 0 Å². The molecule has 1 aliphatic rings. The van der Waals surface area contributed by atoms with Crippen LogP contribution >= 0.6 is 0 Å². The second kappa shape index (κ2) is 5.24. The van der Waals surface area contributed by atoms with Crippen LogP contribution in [0, 0.1) is 5.92 Å². The fourth-order valence-corrected chi connectivity index (χ4v) is 1.16. The van der Waals surface area contributed by atoms with Crippen LogP contribution in [-0.4, -0.2) is 38.8 Å². The van der Waals surface area contributed by atoms with Gasteiger partial charge in [0.15, 0.2) is 5.78 Å². The second-order valence-electron chi connectivity index (χ2n) is 2.87. The summed E-state index contributed by atoms with van der Waals surface area (Å²) in [4.78, 5) is 11.3. The SMILES string of the molecule is NCCOCC(=O)C1CCOC1. The summed E-state index contributed by atoms with van der Waals surface area (Å²) in [7, 11) is 0. The third-order valence-electron chi connectivity index (χ3n) is 1.89. The number of ether oxygens (including phenoxy) is 2. The molecule has 4 nitrogen and oxygen atoms in total. The molecule has 0 aliphatic carbocycles. The van der Waals surface area contributed by atoms with E-state index >= 15 is 0 Å². The lowest BCUT2D eigenvalue weighted by Gasteiger charge is -2.05. The minimum Gasteiger partial charge on any atom is -0.381 e. The summed E-state index contributed by atoms with van der Waals surface area (Å²) >= 11 is 0. The molecule has 1 rings (SSSR count). The molecule has 0 radical (unpaired) electrons. The van der Waals surface area contributed by atoms with Gasteiger partial charge in [0.25, 0.3) is 0 Å². The molecular weight excluding hydrogens is 158 g/mol. The first kappa shape index (κ1) is 9.64. The molecular formula is C8H15NO3. The third kappa shape index (κ3) is 2.89. The van der Waals surface area contributed by atoms with Crippen molar-refractivity contribution >= 4 is 5.78 Å². The van der Waals surface area contributed by atoms with Gasteiger partial charge in [0, 0.05) is 19.1 Å². The van der Waals surface area contributed by atoms with Gasteiger partial charge in [-0.1, -0.05) is 0 Å². The van der Waals surface area contributed by atoms with Gasteiger partial charge in [0.1, 0.15) is 6.61 Å². The molecule has 4 heteroatoms. The fraction of sp³-hybridized carbons (Fsp3) is 0.875. The molecule has 1 aliphatic heterocycles. The average Bonchev–Trinajstić information content (AvgIpc) is 2.56. The van der Waals surface area contributed by atoms with E-state index in [2.05, 4.69) is 0 Å². The zero-order chi connectivity index (χ0) is 8.81. The van der Waals surface area contributed by atoms with E-state index in [4.69, 9.17) is 15.2 Å². The van der Waals surface area contributed by atoms with Crippen LogP contribution in [-0.2, 0) is 14.3 Å². The van der Waals surface area contributed by atoms with Crippen molar-refractivity contribution in [3.63, 3.8) is 0 Å². The van der Waals surface area contributed by atoms with Gasteiger partial charge < -0.3 is 15.2 Å².